The molecule has 2 aliphatic rings. The van der Waals surface area contributed by atoms with Gasteiger partial charge in [0.1, 0.15) is 0 Å². The lowest BCUT2D eigenvalue weighted by Gasteiger charge is -2.33. The highest BCUT2D eigenvalue weighted by atomic mass is 15.2. The minimum atomic E-state index is -0.629. The molecule has 2 aliphatic carbocycles. The van der Waals surface area contributed by atoms with Gasteiger partial charge >= 0.3 is 0 Å². The van der Waals surface area contributed by atoms with Gasteiger partial charge in [0.05, 0.1) is 27.7 Å². The molecule has 0 N–H and O–H groups in total. The molecule has 0 unspecified atom stereocenters. The Balaban J connectivity index is 0.948. The Bertz CT molecular complexity index is 4480. The van der Waals surface area contributed by atoms with Crippen LogP contribution in [-0.4, -0.2) is 9.13 Å². The zero-order valence-electron chi connectivity index (χ0n) is 43.1. The van der Waals surface area contributed by atoms with Crippen LogP contribution < -0.4 is 9.80 Å². The van der Waals surface area contributed by atoms with Crippen molar-refractivity contribution in [3.05, 3.63) is 313 Å². The quantitative estimate of drug-likeness (QED) is 0.136. The summed E-state index contributed by atoms with van der Waals surface area (Å²) in [6, 6.07) is 98.3. The van der Waals surface area contributed by atoms with Gasteiger partial charge in [0.15, 0.2) is 0 Å². The number of anilines is 6. The molecule has 2 aromatic heterocycles. The van der Waals surface area contributed by atoms with E-state index in [2.05, 4.69) is 312 Å². The second-order valence-electron chi connectivity index (χ2n) is 20.4. The monoisotopic (exact) mass is 996 g/mol. The molecule has 4 nitrogen and oxygen atoms in total. The maximum atomic E-state index is 4.38. The summed E-state index contributed by atoms with van der Waals surface area (Å²) in [5, 5.41) is 3.57. The second-order valence-corrected chi connectivity index (χ2v) is 20.4. The van der Waals surface area contributed by atoms with Gasteiger partial charge in [-0.3, -0.25) is 0 Å². The summed E-state index contributed by atoms with van der Waals surface area (Å²) in [7, 11) is 0. The van der Waals surface area contributed by atoms with Crippen LogP contribution in [0.1, 0.15) is 40.4 Å². The third kappa shape index (κ3) is 6.66. The molecule has 0 fully saturated rings. The Morgan fingerprint density at radius 1 is 0.346 bits per heavy atom. The number of benzene rings is 11. The molecule has 368 valence electrons. The highest BCUT2D eigenvalue weighted by Gasteiger charge is 2.52. The van der Waals surface area contributed by atoms with Crippen molar-refractivity contribution in [2.45, 2.75) is 12.3 Å². The Labute approximate surface area is 454 Å². The van der Waals surface area contributed by atoms with Crippen LogP contribution in [0.5, 0.6) is 0 Å². The summed E-state index contributed by atoms with van der Waals surface area (Å²) in [6.45, 7) is 6.46. The van der Waals surface area contributed by atoms with Gasteiger partial charge < -0.3 is 18.9 Å². The maximum absolute atomic E-state index is 4.38. The fourth-order valence-corrected chi connectivity index (χ4v) is 13.3. The van der Waals surface area contributed by atoms with Crippen molar-refractivity contribution in [1.29, 1.82) is 0 Å². The van der Waals surface area contributed by atoms with Crippen molar-refractivity contribution >= 4 is 79.0 Å². The van der Waals surface area contributed by atoms with Gasteiger partial charge in [-0.05, 0) is 173 Å². The minimum absolute atomic E-state index is 0.629. The van der Waals surface area contributed by atoms with Gasteiger partial charge in [-0.15, -0.1) is 0 Å². The molecule has 2 heterocycles. The number of para-hydroxylation sites is 5. The average Bonchev–Trinajstić information content (AvgIpc) is 4.40. The van der Waals surface area contributed by atoms with Crippen LogP contribution in [0, 0.1) is 0 Å². The van der Waals surface area contributed by atoms with Crippen molar-refractivity contribution in [2.24, 2.45) is 0 Å². The molecule has 0 radical (unpaired) electrons. The number of nitrogens with zero attached hydrogens (tertiary/aromatic N) is 4. The van der Waals surface area contributed by atoms with Crippen LogP contribution in [0.2, 0.25) is 0 Å². The minimum Gasteiger partial charge on any atom is -0.310 e. The van der Waals surface area contributed by atoms with E-state index < -0.39 is 5.41 Å². The summed E-state index contributed by atoms with van der Waals surface area (Å²) in [5.74, 6) is 0. The normalized spacial score (nSPS) is 12.8. The van der Waals surface area contributed by atoms with Crippen LogP contribution in [0.4, 0.5) is 34.1 Å². The number of allylic oxidation sites excluding steroid dienone is 1. The molecule has 0 aliphatic heterocycles. The predicted molar refractivity (Wildman–Crippen MR) is 328 cm³/mol. The van der Waals surface area contributed by atoms with E-state index in [9.17, 15) is 0 Å². The summed E-state index contributed by atoms with van der Waals surface area (Å²) in [4.78, 5) is 4.87. The van der Waals surface area contributed by atoms with E-state index in [1.165, 1.54) is 66.3 Å². The van der Waals surface area contributed by atoms with Crippen LogP contribution in [0.25, 0.3) is 78.5 Å². The molecule has 78 heavy (non-hydrogen) atoms. The number of aromatic nitrogens is 2. The first kappa shape index (κ1) is 45.3. The first-order chi connectivity index (χ1) is 38.6. The van der Waals surface area contributed by atoms with E-state index in [1.54, 1.807) is 0 Å². The van der Waals surface area contributed by atoms with Crippen molar-refractivity contribution in [1.82, 2.24) is 9.13 Å². The Hall–Kier alpha value is -10.2. The summed E-state index contributed by atoms with van der Waals surface area (Å²) < 4.78 is 4.74. The Morgan fingerprint density at radius 3 is 1.29 bits per heavy atom. The first-order valence-corrected chi connectivity index (χ1v) is 26.9. The largest absolute Gasteiger partial charge is 0.310 e. The van der Waals surface area contributed by atoms with E-state index in [0.29, 0.717) is 0 Å². The predicted octanol–water partition coefficient (Wildman–Crippen LogP) is 19.7. The van der Waals surface area contributed by atoms with E-state index in [1.807, 2.05) is 6.08 Å². The zero-order valence-corrected chi connectivity index (χ0v) is 43.1. The first-order valence-electron chi connectivity index (χ1n) is 26.9. The molecule has 1 spiro atoms. The van der Waals surface area contributed by atoms with E-state index in [4.69, 9.17) is 0 Å². The summed E-state index contributed by atoms with van der Waals surface area (Å²) >= 11 is 0. The highest BCUT2D eigenvalue weighted by molar-refractivity contribution is 6.11. The smallest absolute Gasteiger partial charge is 0.0727 e. The average molecular weight is 997 g/mol. The molecule has 0 bridgehead atoms. The van der Waals surface area contributed by atoms with Crippen molar-refractivity contribution in [3.8, 4) is 33.6 Å². The number of rotatable bonds is 10. The second kappa shape index (κ2) is 18.0. The van der Waals surface area contributed by atoms with Crippen molar-refractivity contribution < 1.29 is 0 Å². The lowest BCUT2D eigenvalue weighted by Crippen LogP contribution is -2.26. The van der Waals surface area contributed by atoms with Gasteiger partial charge in [-0.1, -0.05) is 170 Å². The third-order valence-corrected chi connectivity index (χ3v) is 16.4. The van der Waals surface area contributed by atoms with Gasteiger partial charge in [-0.2, -0.15) is 0 Å². The van der Waals surface area contributed by atoms with Crippen LogP contribution >= 0.6 is 0 Å². The fraction of sp³-hybridized carbons (Fsp3) is 0.0270. The molecular formula is C74H52N4. The highest BCUT2D eigenvalue weighted by Crippen LogP contribution is 2.64. The lowest BCUT2D eigenvalue weighted by molar-refractivity contribution is 0.793. The van der Waals surface area contributed by atoms with Crippen LogP contribution in [0.3, 0.4) is 0 Å². The molecule has 11 aromatic carbocycles. The molecule has 13 aromatic rings. The molecular weight excluding hydrogens is 945 g/mol. The van der Waals surface area contributed by atoms with Crippen molar-refractivity contribution in [3.63, 3.8) is 0 Å². The molecule has 4 heteroatoms. The van der Waals surface area contributed by atoms with E-state index in [-0.39, 0.29) is 0 Å². The molecule has 0 saturated carbocycles. The number of fused-ring (bicyclic) bond motifs is 14. The summed E-state index contributed by atoms with van der Waals surface area (Å²) in [6.07, 6.45) is 6.32. The van der Waals surface area contributed by atoms with E-state index >= 15 is 0 Å². The van der Waals surface area contributed by atoms with Gasteiger partial charge in [0, 0.05) is 67.2 Å². The topological polar surface area (TPSA) is 16.3 Å². The standard InChI is InChI=1S/C74H52N4/c1-3-23-70-58(4-2)64-46-54(40-44-72(64)77(70)52-28-13-7-14-29-52)75(50-24-9-5-10-25-50)56-38-42-61-62-43-39-57(49-69(62)74(68(61)48-56)66-35-20-17-32-59(66)60-33-18-21-36-67(60)74)76(51-26-11-6-12-27-51)55-41-45-73-65(47-55)63-34-19-22-37-71(63)78(73)53-30-15-8-16-31-53/h3-49H,2H2,1H3/b23-3-. The third-order valence-electron chi connectivity index (χ3n) is 16.4. The lowest BCUT2D eigenvalue weighted by atomic mass is 9.70. The molecule has 0 saturated heterocycles. The Morgan fingerprint density at radius 2 is 0.756 bits per heavy atom. The molecule has 15 rings (SSSR count). The van der Waals surface area contributed by atoms with Gasteiger partial charge in [-0.25, -0.2) is 0 Å². The van der Waals surface area contributed by atoms with Crippen LogP contribution in [0.15, 0.2) is 280 Å². The number of hydrogen-bond donors (Lipinski definition) is 0. The van der Waals surface area contributed by atoms with E-state index in [0.717, 1.165) is 67.7 Å². The van der Waals surface area contributed by atoms with Gasteiger partial charge in [0.2, 0.25) is 0 Å². The zero-order chi connectivity index (χ0) is 51.9. The fourth-order valence-electron chi connectivity index (χ4n) is 13.3. The Kier molecular flexibility index (Phi) is 10.4. The number of hydrogen-bond acceptors (Lipinski definition) is 2. The van der Waals surface area contributed by atoms with Crippen LogP contribution in [-0.2, 0) is 5.41 Å². The SMILES string of the molecule is C=Cc1c(/C=C\C)n(-c2ccccc2)c2ccc(N(c3ccccc3)c3ccc4c(c3)C3(c5ccccc5-c5ccccc53)c3cc(N(c5ccccc5)c5ccc6c(c5)c5ccccc5n6-c5ccccc5)ccc3-4)cc12. The van der Waals surface area contributed by atoms with Crippen molar-refractivity contribution in [2.75, 3.05) is 9.80 Å². The van der Waals surface area contributed by atoms with Gasteiger partial charge in [0.25, 0.3) is 0 Å². The molecule has 0 atom stereocenters. The maximum Gasteiger partial charge on any atom is 0.0727 e. The summed E-state index contributed by atoms with van der Waals surface area (Å²) in [5.41, 5.74) is 24.0. The molecule has 0 amide bonds.